The van der Waals surface area contributed by atoms with Crippen molar-refractivity contribution >= 4 is 18.0 Å². The van der Waals surface area contributed by atoms with Gasteiger partial charge in [0, 0.05) is 11.8 Å². The maximum Gasteiger partial charge on any atom is 0.408 e. The largest absolute Gasteiger partial charge is 0.472 e. The van der Waals surface area contributed by atoms with Crippen LogP contribution in [0.25, 0.3) is 11.1 Å². The number of alkyl carbamates (subject to hydrolysis) is 1. The Labute approximate surface area is 173 Å². The van der Waals surface area contributed by atoms with Gasteiger partial charge in [0.25, 0.3) is 0 Å². The third-order valence-electron chi connectivity index (χ3n) is 5.40. The molecule has 0 unspecified atom stereocenters. The fourth-order valence-electron chi connectivity index (χ4n) is 3.78. The van der Waals surface area contributed by atoms with Crippen LogP contribution in [0.5, 0.6) is 0 Å². The Balaban J connectivity index is 1.36. The number of carboxylic acid groups (broad SMARTS) is 1. The van der Waals surface area contributed by atoms with Crippen molar-refractivity contribution in [3.05, 3.63) is 59.7 Å². The second kappa shape index (κ2) is 7.91. The van der Waals surface area contributed by atoms with Gasteiger partial charge in [-0.2, -0.15) is 0 Å². The van der Waals surface area contributed by atoms with E-state index in [2.05, 4.69) is 28.7 Å². The number of fused-ring (bicyclic) bond motifs is 3. The van der Waals surface area contributed by atoms with Gasteiger partial charge in [0.1, 0.15) is 12.1 Å². The third-order valence-corrected chi connectivity index (χ3v) is 5.40. The molecule has 0 saturated heterocycles. The topological polar surface area (TPSA) is 105 Å². The van der Waals surface area contributed by atoms with E-state index in [4.69, 9.17) is 9.84 Å². The molecular weight excluding hydrogens is 384 g/mol. The number of ether oxygens (including phenoxy) is 1. The lowest BCUT2D eigenvalue weighted by Gasteiger charge is -2.18. The van der Waals surface area contributed by atoms with Crippen LogP contribution in [0.3, 0.4) is 0 Å². The van der Waals surface area contributed by atoms with E-state index in [1.165, 1.54) is 0 Å². The Hall–Kier alpha value is -3.79. The quantitative estimate of drug-likeness (QED) is 0.663. The van der Waals surface area contributed by atoms with E-state index in [0.717, 1.165) is 22.3 Å². The van der Waals surface area contributed by atoms with Gasteiger partial charge in [-0.05, 0) is 35.1 Å². The molecule has 0 atom stereocenters. The van der Waals surface area contributed by atoms with Crippen molar-refractivity contribution in [2.45, 2.75) is 24.3 Å². The van der Waals surface area contributed by atoms with E-state index in [1.54, 1.807) is 0 Å². The first kappa shape index (κ1) is 19.5. The Bertz CT molecular complexity index is 1030. The summed E-state index contributed by atoms with van der Waals surface area (Å²) >= 11 is 0. The summed E-state index contributed by atoms with van der Waals surface area (Å²) < 4.78 is 5.49. The number of hydrogen-bond acceptors (Lipinski definition) is 4. The van der Waals surface area contributed by atoms with E-state index in [0.29, 0.717) is 12.8 Å². The molecule has 1 fully saturated rings. The fraction of sp³-hybridized carbons (Fsp3) is 0.261. The van der Waals surface area contributed by atoms with Crippen molar-refractivity contribution in [1.82, 2.24) is 10.6 Å². The van der Waals surface area contributed by atoms with Gasteiger partial charge in [0.05, 0.1) is 6.54 Å². The van der Waals surface area contributed by atoms with E-state index in [1.807, 2.05) is 42.3 Å². The van der Waals surface area contributed by atoms with Gasteiger partial charge in [-0.25, -0.2) is 9.59 Å². The van der Waals surface area contributed by atoms with Crippen LogP contribution in [0, 0.1) is 11.8 Å². The minimum absolute atomic E-state index is 0.0570. The molecule has 2 aromatic rings. The number of nitrogens with one attached hydrogen (secondary N) is 2. The van der Waals surface area contributed by atoms with Gasteiger partial charge in [-0.3, -0.25) is 4.79 Å². The van der Waals surface area contributed by atoms with Crippen LogP contribution in [0.1, 0.15) is 29.9 Å². The molecule has 0 aliphatic heterocycles. The number of carbonyl (C=O) groups is 3. The Morgan fingerprint density at radius 1 is 1.03 bits per heavy atom. The van der Waals surface area contributed by atoms with Gasteiger partial charge in [-0.1, -0.05) is 54.5 Å². The molecule has 7 heteroatoms. The zero-order valence-electron chi connectivity index (χ0n) is 16.1. The summed E-state index contributed by atoms with van der Waals surface area (Å²) in [5.74, 6) is 2.53. The van der Waals surface area contributed by atoms with Crippen molar-refractivity contribution in [3.63, 3.8) is 0 Å². The first-order chi connectivity index (χ1) is 14.5. The Morgan fingerprint density at radius 2 is 1.63 bits per heavy atom. The molecule has 0 radical (unpaired) electrons. The minimum atomic E-state index is -1.26. The third kappa shape index (κ3) is 3.85. The van der Waals surface area contributed by atoms with E-state index < -0.39 is 23.5 Å². The average Bonchev–Trinajstić information content (AvgIpc) is 3.45. The van der Waals surface area contributed by atoms with E-state index >= 15 is 0 Å². The molecule has 7 nitrogen and oxygen atoms in total. The number of aliphatic carboxylic acids is 1. The van der Waals surface area contributed by atoms with Crippen molar-refractivity contribution in [1.29, 1.82) is 0 Å². The molecule has 30 heavy (non-hydrogen) atoms. The van der Waals surface area contributed by atoms with Crippen molar-refractivity contribution < 1.29 is 24.2 Å². The van der Waals surface area contributed by atoms with Crippen LogP contribution in [0.4, 0.5) is 4.79 Å². The molecule has 4 rings (SSSR count). The number of benzene rings is 2. The minimum Gasteiger partial charge on any atom is -0.472 e. The van der Waals surface area contributed by atoms with E-state index in [9.17, 15) is 14.4 Å². The van der Waals surface area contributed by atoms with Crippen LogP contribution in [-0.4, -0.2) is 41.8 Å². The smallest absolute Gasteiger partial charge is 0.408 e. The van der Waals surface area contributed by atoms with Gasteiger partial charge in [0.2, 0.25) is 5.91 Å². The predicted octanol–water partition coefficient (Wildman–Crippen LogP) is 2.26. The number of hydrogen-bond donors (Lipinski definition) is 3. The lowest BCUT2D eigenvalue weighted by Crippen LogP contribution is -2.49. The first-order valence-corrected chi connectivity index (χ1v) is 9.63. The molecule has 2 amide bonds. The van der Waals surface area contributed by atoms with Crippen LogP contribution >= 0.6 is 0 Å². The highest BCUT2D eigenvalue weighted by Crippen LogP contribution is 2.44. The first-order valence-electron chi connectivity index (χ1n) is 9.63. The average molecular weight is 404 g/mol. The molecule has 2 aromatic carbocycles. The van der Waals surface area contributed by atoms with Gasteiger partial charge in [0.15, 0.2) is 0 Å². The second-order valence-corrected chi connectivity index (χ2v) is 7.32. The molecule has 0 aromatic heterocycles. The summed E-state index contributed by atoms with van der Waals surface area (Å²) in [7, 11) is 0. The molecule has 0 bridgehead atoms. The molecule has 2 aliphatic carbocycles. The summed E-state index contributed by atoms with van der Waals surface area (Å²) in [4.78, 5) is 35.1. The van der Waals surface area contributed by atoms with Crippen LogP contribution in [0.15, 0.2) is 48.5 Å². The highest BCUT2D eigenvalue weighted by atomic mass is 16.5. The molecule has 2 aliphatic rings. The summed E-state index contributed by atoms with van der Waals surface area (Å²) in [6.07, 6.45) is 0.339. The summed E-state index contributed by atoms with van der Waals surface area (Å²) in [6.45, 7) is 0.0703. The number of carboxylic acids is 1. The van der Waals surface area contributed by atoms with Gasteiger partial charge >= 0.3 is 12.1 Å². The van der Waals surface area contributed by atoms with Crippen LogP contribution in [-0.2, 0) is 14.3 Å². The molecule has 0 heterocycles. The van der Waals surface area contributed by atoms with Crippen molar-refractivity contribution in [2.24, 2.45) is 0 Å². The molecule has 152 valence electrons. The molecule has 3 N–H and O–H groups in total. The Morgan fingerprint density at radius 3 is 2.20 bits per heavy atom. The summed E-state index contributed by atoms with van der Waals surface area (Å²) in [5.41, 5.74) is 3.50. The van der Waals surface area contributed by atoms with Crippen molar-refractivity contribution in [2.75, 3.05) is 13.2 Å². The fourth-order valence-corrected chi connectivity index (χ4v) is 3.78. The molecule has 1 saturated carbocycles. The lowest BCUT2D eigenvalue weighted by molar-refractivity contribution is -0.130. The Kier molecular flexibility index (Phi) is 5.15. The normalized spacial score (nSPS) is 15.1. The van der Waals surface area contributed by atoms with Gasteiger partial charge < -0.3 is 20.5 Å². The summed E-state index contributed by atoms with van der Waals surface area (Å²) in [6, 6.07) is 16.1. The zero-order chi connectivity index (χ0) is 21.1. The number of carbonyl (C=O) groups excluding carboxylic acids is 2. The predicted molar refractivity (Wildman–Crippen MR) is 109 cm³/mol. The standard InChI is InChI=1S/C23H20N2O5/c26-20(27)10-5-13-24-21(28)23(11-12-23)25-22(29)30-14-19-17-8-3-1-6-15(17)16-7-2-4-9-18(16)19/h1-4,6-9,19H,11-14H2,(H,24,28)(H,25,29)(H,26,27). The molecular formula is C23H20N2O5. The monoisotopic (exact) mass is 404 g/mol. The van der Waals surface area contributed by atoms with E-state index in [-0.39, 0.29) is 19.1 Å². The zero-order valence-corrected chi connectivity index (χ0v) is 16.1. The SMILES string of the molecule is O=C(O)C#CCNC(=O)C1(NC(=O)OCC2c3ccccc3-c3ccccc32)CC1. The molecule has 0 spiro atoms. The number of amides is 2. The van der Waals surface area contributed by atoms with Crippen LogP contribution in [0.2, 0.25) is 0 Å². The highest BCUT2D eigenvalue weighted by molar-refractivity contribution is 5.93. The van der Waals surface area contributed by atoms with Crippen molar-refractivity contribution in [3.8, 4) is 23.0 Å². The van der Waals surface area contributed by atoms with Crippen LogP contribution < -0.4 is 10.6 Å². The second-order valence-electron chi connectivity index (χ2n) is 7.32. The lowest BCUT2D eigenvalue weighted by atomic mass is 9.98. The maximum atomic E-state index is 12.4. The van der Waals surface area contributed by atoms with Gasteiger partial charge in [-0.15, -0.1) is 0 Å². The number of rotatable bonds is 5. The highest BCUT2D eigenvalue weighted by Gasteiger charge is 2.51. The maximum absolute atomic E-state index is 12.4. The summed E-state index contributed by atoms with van der Waals surface area (Å²) in [5, 5.41) is 13.7.